The second kappa shape index (κ2) is 5.94. The van der Waals surface area contributed by atoms with Crippen LogP contribution >= 0.6 is 11.3 Å². The van der Waals surface area contributed by atoms with Crippen molar-refractivity contribution in [1.82, 2.24) is 15.0 Å². The van der Waals surface area contributed by atoms with E-state index in [1.54, 1.807) is 23.7 Å². The number of fused-ring (bicyclic) bond motifs is 1. The number of benzene rings is 1. The van der Waals surface area contributed by atoms with Crippen LogP contribution in [0.2, 0.25) is 0 Å². The first-order chi connectivity index (χ1) is 10.6. The maximum atomic E-state index is 11.6. The van der Waals surface area contributed by atoms with Gasteiger partial charge in [-0.05, 0) is 18.2 Å². The predicted molar refractivity (Wildman–Crippen MR) is 82.7 cm³/mol. The first-order valence-electron chi connectivity index (χ1n) is 6.52. The van der Waals surface area contributed by atoms with Crippen molar-refractivity contribution in [2.45, 2.75) is 12.8 Å². The van der Waals surface area contributed by atoms with E-state index < -0.39 is 5.97 Å². The van der Waals surface area contributed by atoms with Crippen LogP contribution in [0.3, 0.4) is 0 Å². The number of aromatic amines is 1. The van der Waals surface area contributed by atoms with Gasteiger partial charge in [0.25, 0.3) is 0 Å². The zero-order valence-electron chi connectivity index (χ0n) is 11.4. The number of hydrogen-bond acceptors (Lipinski definition) is 5. The summed E-state index contributed by atoms with van der Waals surface area (Å²) in [6.45, 7) is 0. The van der Waals surface area contributed by atoms with E-state index >= 15 is 0 Å². The highest BCUT2D eigenvalue weighted by atomic mass is 32.1. The Morgan fingerprint density at radius 1 is 1.32 bits per heavy atom. The van der Waals surface area contributed by atoms with Crippen LogP contribution in [0.25, 0.3) is 22.6 Å². The Balaban J connectivity index is 1.78. The maximum absolute atomic E-state index is 11.6. The Morgan fingerprint density at radius 2 is 2.18 bits per heavy atom. The number of anilines is 1. The number of amides is 1. The predicted octanol–water partition coefficient (Wildman–Crippen LogP) is 2.49. The highest BCUT2D eigenvalue weighted by Gasteiger charge is 2.09. The molecule has 0 spiro atoms. The molecule has 0 saturated carbocycles. The number of aliphatic carboxylic acids is 1. The molecule has 1 amide bonds. The molecule has 0 aliphatic heterocycles. The summed E-state index contributed by atoms with van der Waals surface area (Å²) in [5.41, 5.74) is 4.64. The quantitative estimate of drug-likeness (QED) is 0.670. The number of thiazole rings is 1. The zero-order valence-corrected chi connectivity index (χ0v) is 12.2. The first-order valence-corrected chi connectivity index (χ1v) is 7.46. The molecule has 0 radical (unpaired) electrons. The standard InChI is InChI=1S/C14H12N4O3S/c19-12(3-4-13(20)21)16-8-1-2-9-10(5-8)18-14(17-9)11-6-22-7-15-11/h1-2,5-7H,3-4H2,(H,16,19)(H,17,18)(H,20,21). The molecule has 8 heteroatoms. The van der Waals surface area contributed by atoms with E-state index in [1.807, 2.05) is 5.38 Å². The summed E-state index contributed by atoms with van der Waals surface area (Å²) in [5, 5.41) is 13.1. The van der Waals surface area contributed by atoms with E-state index in [-0.39, 0.29) is 18.7 Å². The largest absolute Gasteiger partial charge is 0.481 e. The molecule has 3 aromatic rings. The molecule has 7 nitrogen and oxygen atoms in total. The van der Waals surface area contributed by atoms with Crippen LogP contribution in [0.4, 0.5) is 5.69 Å². The number of imidazole rings is 1. The van der Waals surface area contributed by atoms with Crippen LogP contribution in [-0.2, 0) is 9.59 Å². The van der Waals surface area contributed by atoms with Crippen molar-refractivity contribution < 1.29 is 14.7 Å². The number of nitrogens with one attached hydrogen (secondary N) is 2. The molecular weight excluding hydrogens is 304 g/mol. The van der Waals surface area contributed by atoms with Crippen molar-refractivity contribution in [3.63, 3.8) is 0 Å². The number of nitrogens with zero attached hydrogens (tertiary/aromatic N) is 2. The SMILES string of the molecule is O=C(O)CCC(=O)Nc1ccc2nc(-c3cscn3)[nH]c2c1. The summed E-state index contributed by atoms with van der Waals surface area (Å²) in [5.74, 6) is -0.654. The van der Waals surface area contributed by atoms with Crippen LogP contribution in [0, 0.1) is 0 Å². The van der Waals surface area contributed by atoms with Gasteiger partial charge in [0.15, 0.2) is 5.82 Å². The summed E-state index contributed by atoms with van der Waals surface area (Å²) in [4.78, 5) is 33.9. The fourth-order valence-corrected chi connectivity index (χ4v) is 2.52. The second-order valence-electron chi connectivity index (χ2n) is 4.63. The molecule has 0 bridgehead atoms. The minimum absolute atomic E-state index is 0.0551. The van der Waals surface area contributed by atoms with E-state index in [4.69, 9.17) is 5.11 Å². The zero-order chi connectivity index (χ0) is 15.5. The number of aromatic nitrogens is 3. The Labute approximate surface area is 129 Å². The fourth-order valence-electron chi connectivity index (χ4n) is 1.98. The Kier molecular flexibility index (Phi) is 3.84. The molecule has 2 aromatic heterocycles. The molecule has 0 fully saturated rings. The van der Waals surface area contributed by atoms with Crippen LogP contribution < -0.4 is 5.32 Å². The molecule has 0 saturated heterocycles. The molecule has 3 rings (SSSR count). The van der Waals surface area contributed by atoms with Crippen LogP contribution in [0.15, 0.2) is 29.1 Å². The molecule has 1 aromatic carbocycles. The third-order valence-corrected chi connectivity index (χ3v) is 3.59. The van der Waals surface area contributed by atoms with Gasteiger partial charge in [-0.3, -0.25) is 9.59 Å². The van der Waals surface area contributed by atoms with Gasteiger partial charge >= 0.3 is 5.97 Å². The molecule has 112 valence electrons. The van der Waals surface area contributed by atoms with Crippen LogP contribution in [0.5, 0.6) is 0 Å². The third-order valence-electron chi connectivity index (χ3n) is 3.01. The summed E-state index contributed by atoms with van der Waals surface area (Å²) in [6.07, 6.45) is -0.244. The molecule has 0 aliphatic carbocycles. The fraction of sp³-hybridized carbons (Fsp3) is 0.143. The number of carbonyl (C=O) groups excluding carboxylic acids is 1. The topological polar surface area (TPSA) is 108 Å². The normalized spacial score (nSPS) is 10.7. The smallest absolute Gasteiger partial charge is 0.303 e. The van der Waals surface area contributed by atoms with Crippen molar-refractivity contribution >= 4 is 39.9 Å². The van der Waals surface area contributed by atoms with Gasteiger partial charge in [0, 0.05) is 17.5 Å². The van der Waals surface area contributed by atoms with Gasteiger partial charge in [-0.1, -0.05) is 0 Å². The van der Waals surface area contributed by atoms with Crippen molar-refractivity contribution in [1.29, 1.82) is 0 Å². The average Bonchev–Trinajstić information content (AvgIpc) is 3.13. The molecular formula is C14H12N4O3S. The Hall–Kier alpha value is -2.74. The van der Waals surface area contributed by atoms with Crippen LogP contribution in [0.1, 0.15) is 12.8 Å². The summed E-state index contributed by atoms with van der Waals surface area (Å²) in [7, 11) is 0. The minimum atomic E-state index is -0.993. The Bertz CT molecular complexity index is 826. The molecule has 2 heterocycles. The molecule has 0 aliphatic rings. The molecule has 0 unspecified atom stereocenters. The first kappa shape index (κ1) is 14.2. The molecule has 0 atom stereocenters. The van der Waals surface area contributed by atoms with Crippen molar-refractivity contribution in [2.75, 3.05) is 5.32 Å². The lowest BCUT2D eigenvalue weighted by molar-refractivity contribution is -0.138. The lowest BCUT2D eigenvalue weighted by Gasteiger charge is -2.03. The highest BCUT2D eigenvalue weighted by molar-refractivity contribution is 7.07. The van der Waals surface area contributed by atoms with Crippen molar-refractivity contribution in [3.8, 4) is 11.5 Å². The van der Waals surface area contributed by atoms with E-state index in [0.717, 1.165) is 16.7 Å². The van der Waals surface area contributed by atoms with E-state index in [2.05, 4.69) is 20.3 Å². The van der Waals surface area contributed by atoms with E-state index in [9.17, 15) is 9.59 Å². The van der Waals surface area contributed by atoms with E-state index in [1.165, 1.54) is 11.3 Å². The lowest BCUT2D eigenvalue weighted by atomic mass is 10.2. The van der Waals surface area contributed by atoms with Gasteiger partial charge in [0.05, 0.1) is 23.0 Å². The number of carboxylic acid groups (broad SMARTS) is 1. The number of carboxylic acids is 1. The lowest BCUT2D eigenvalue weighted by Crippen LogP contribution is -2.13. The van der Waals surface area contributed by atoms with Gasteiger partial charge in [-0.25, -0.2) is 9.97 Å². The van der Waals surface area contributed by atoms with Gasteiger partial charge in [0.1, 0.15) is 5.69 Å². The van der Waals surface area contributed by atoms with Gasteiger partial charge < -0.3 is 15.4 Å². The number of H-pyrrole nitrogens is 1. The van der Waals surface area contributed by atoms with Crippen molar-refractivity contribution in [3.05, 3.63) is 29.1 Å². The Morgan fingerprint density at radius 3 is 2.91 bits per heavy atom. The average molecular weight is 316 g/mol. The molecule has 22 heavy (non-hydrogen) atoms. The van der Waals surface area contributed by atoms with Crippen molar-refractivity contribution in [2.24, 2.45) is 0 Å². The second-order valence-corrected chi connectivity index (χ2v) is 5.35. The number of carbonyl (C=O) groups is 2. The number of rotatable bonds is 5. The highest BCUT2D eigenvalue weighted by Crippen LogP contribution is 2.22. The minimum Gasteiger partial charge on any atom is -0.481 e. The maximum Gasteiger partial charge on any atom is 0.303 e. The van der Waals surface area contributed by atoms with Gasteiger partial charge in [-0.15, -0.1) is 11.3 Å². The summed E-state index contributed by atoms with van der Waals surface area (Å²) >= 11 is 1.49. The summed E-state index contributed by atoms with van der Waals surface area (Å²) in [6, 6.07) is 5.28. The van der Waals surface area contributed by atoms with Gasteiger partial charge in [0.2, 0.25) is 5.91 Å². The monoisotopic (exact) mass is 316 g/mol. The third kappa shape index (κ3) is 3.12. The van der Waals surface area contributed by atoms with E-state index in [0.29, 0.717) is 11.5 Å². The van der Waals surface area contributed by atoms with Crippen LogP contribution in [-0.4, -0.2) is 31.9 Å². The number of hydrogen-bond donors (Lipinski definition) is 3. The molecule has 3 N–H and O–H groups in total. The van der Waals surface area contributed by atoms with Gasteiger partial charge in [-0.2, -0.15) is 0 Å². The summed E-state index contributed by atoms with van der Waals surface area (Å²) < 4.78 is 0.